The number of carbonyl (C=O) groups is 6. The minimum Gasteiger partial charge on any atom is -0.460 e. The molecule has 4 aliphatic rings. The number of nitrogens with one attached hydrogen (secondary N) is 1. The van der Waals surface area contributed by atoms with Crippen molar-refractivity contribution in [2.24, 2.45) is 35.5 Å². The molecular formula is C91H138N12O24. The number of amides is 2. The maximum atomic E-state index is 14.8. The molecule has 3 fully saturated rings. The molecule has 1 aromatic carbocycles. The van der Waals surface area contributed by atoms with Crippen LogP contribution in [-0.4, -0.2) is 298 Å². The molecule has 0 spiro atoms. The Morgan fingerprint density at radius 3 is 2.07 bits per heavy atom. The summed E-state index contributed by atoms with van der Waals surface area (Å²) in [6, 6.07) is 4.39. The average Bonchev–Trinajstić information content (AvgIpc) is 1.54. The number of methoxy groups -OCH3 is 3. The number of aromatic nitrogens is 8. The number of allylic oxidation sites excluding steroid dienone is 6. The van der Waals surface area contributed by atoms with Crippen LogP contribution < -0.4 is 16.8 Å². The molecule has 2 amide bonds. The van der Waals surface area contributed by atoms with Gasteiger partial charge in [0.25, 0.3) is 17.7 Å². The molecule has 7 heterocycles. The van der Waals surface area contributed by atoms with E-state index in [0.717, 1.165) is 30.4 Å². The predicted molar refractivity (Wildman–Crippen MR) is 469 cm³/mol. The number of aliphatic hydroxyl groups excluding tert-OH is 1. The van der Waals surface area contributed by atoms with E-state index in [-0.39, 0.29) is 92.5 Å². The number of anilines is 2. The second kappa shape index (κ2) is 54.4. The second-order valence-corrected chi connectivity index (χ2v) is 33.4. The van der Waals surface area contributed by atoms with E-state index in [0.29, 0.717) is 235 Å². The summed E-state index contributed by atoms with van der Waals surface area (Å²) in [5.74, 6) is -8.07. The van der Waals surface area contributed by atoms with Crippen LogP contribution in [0.15, 0.2) is 82.7 Å². The number of rotatable bonds is 45. The molecule has 3 aliphatic heterocycles. The summed E-state index contributed by atoms with van der Waals surface area (Å²) in [6.07, 6.45) is 16.3. The maximum Gasteiger partial charge on any atom is 0.329 e. The first-order valence-electron chi connectivity index (χ1n) is 45.0. The number of unbranched alkanes of at least 4 members (excludes halogenated alkanes) is 1. The molecule has 36 heteroatoms. The van der Waals surface area contributed by atoms with Gasteiger partial charge in [0.2, 0.25) is 11.7 Å². The third kappa shape index (κ3) is 32.4. The number of aliphatic hydroxyl groups is 2. The number of cyclic esters (lactones) is 1. The van der Waals surface area contributed by atoms with E-state index < -0.39 is 77.8 Å². The number of ether oxygens (including phenoxy) is 15. The first kappa shape index (κ1) is 102. The number of oxazole rings is 1. The summed E-state index contributed by atoms with van der Waals surface area (Å²) in [4.78, 5) is 98.7. The van der Waals surface area contributed by atoms with Crippen molar-refractivity contribution in [2.75, 3.05) is 165 Å². The van der Waals surface area contributed by atoms with E-state index in [2.05, 4.69) is 30.6 Å². The number of hydrogen-bond acceptors (Lipinski definition) is 32. The van der Waals surface area contributed by atoms with Gasteiger partial charge in [-0.25, -0.2) is 24.1 Å². The third-order valence-corrected chi connectivity index (χ3v) is 23.7. The second-order valence-electron chi connectivity index (χ2n) is 33.4. The van der Waals surface area contributed by atoms with Gasteiger partial charge >= 0.3 is 5.97 Å². The number of hydrogen-bond donors (Lipinski definition) is 5. The lowest BCUT2D eigenvalue weighted by atomic mass is 9.78. The quantitative estimate of drug-likeness (QED) is 0.0106. The van der Waals surface area contributed by atoms with Crippen LogP contribution >= 0.6 is 0 Å². The van der Waals surface area contributed by atoms with Gasteiger partial charge in [-0.1, -0.05) is 76.3 Å². The van der Waals surface area contributed by atoms with Crippen LogP contribution in [0.1, 0.15) is 150 Å². The van der Waals surface area contributed by atoms with Crippen molar-refractivity contribution in [1.29, 1.82) is 0 Å². The monoisotopic (exact) mass is 1780 g/mol. The van der Waals surface area contributed by atoms with Gasteiger partial charge < -0.3 is 107 Å². The first-order valence-corrected chi connectivity index (χ1v) is 45.0. The van der Waals surface area contributed by atoms with Gasteiger partial charge in [0, 0.05) is 83.5 Å². The molecule has 0 unspecified atom stereocenters. The lowest BCUT2D eigenvalue weighted by molar-refractivity contribution is -0.265. The van der Waals surface area contributed by atoms with E-state index in [4.69, 9.17) is 92.0 Å². The van der Waals surface area contributed by atoms with Crippen LogP contribution in [-0.2, 0) is 120 Å². The van der Waals surface area contributed by atoms with Gasteiger partial charge in [-0.05, 0) is 138 Å². The molecule has 1 aliphatic carbocycles. The Morgan fingerprint density at radius 1 is 0.717 bits per heavy atom. The minimum absolute atomic E-state index is 0.00921. The van der Waals surface area contributed by atoms with Crippen LogP contribution in [0.5, 0.6) is 0 Å². The van der Waals surface area contributed by atoms with Crippen molar-refractivity contribution in [1.82, 2.24) is 49.9 Å². The highest BCUT2D eigenvalue weighted by atomic mass is 16.6. The van der Waals surface area contributed by atoms with Gasteiger partial charge in [-0.3, -0.25) is 24.0 Å². The summed E-state index contributed by atoms with van der Waals surface area (Å²) in [5.41, 5.74) is 17.1. The number of nitrogens with two attached hydrogens (primary N) is 2. The van der Waals surface area contributed by atoms with Crippen LogP contribution in [0.4, 0.5) is 11.8 Å². The largest absolute Gasteiger partial charge is 0.460 e. The molecule has 4 aromatic heterocycles. The molecule has 2 saturated heterocycles. The molecule has 7 N–H and O–H groups in total. The van der Waals surface area contributed by atoms with E-state index in [9.17, 15) is 39.0 Å². The number of piperidine rings is 1. The number of nitrogens with zero attached hydrogens (tertiary/aromatic N) is 9. The number of Topliss-reactive ketones (excluding diaryl/α,β-unsaturated/α-hetero) is 3. The van der Waals surface area contributed by atoms with Crippen molar-refractivity contribution in [3.05, 3.63) is 84.0 Å². The van der Waals surface area contributed by atoms with Crippen molar-refractivity contribution >= 4 is 69.1 Å². The number of aryl methyl sites for hydroxylation is 1. The molecular weight excluding hydrogens is 1650 g/mol. The fourth-order valence-corrected chi connectivity index (χ4v) is 16.4. The minimum atomic E-state index is -2.47. The zero-order valence-corrected chi connectivity index (χ0v) is 75.9. The fourth-order valence-electron chi connectivity index (χ4n) is 16.4. The predicted octanol–water partition coefficient (Wildman–Crippen LogP) is 8.25. The van der Waals surface area contributed by atoms with Gasteiger partial charge in [0.15, 0.2) is 17.0 Å². The summed E-state index contributed by atoms with van der Waals surface area (Å²) < 4.78 is 96.4. The highest BCUT2D eigenvalue weighted by Gasteiger charge is 2.53. The molecule has 15 atom stereocenters. The van der Waals surface area contributed by atoms with Crippen molar-refractivity contribution < 1.29 is 114 Å². The lowest BCUT2D eigenvalue weighted by Gasteiger charge is -2.42. The Kier molecular flexibility index (Phi) is 43.9. The highest BCUT2D eigenvalue weighted by Crippen LogP contribution is 2.39. The lowest BCUT2D eigenvalue weighted by Crippen LogP contribution is -2.61. The van der Waals surface area contributed by atoms with Gasteiger partial charge in [-0.2, -0.15) is 10.1 Å². The zero-order valence-electron chi connectivity index (χ0n) is 75.9. The van der Waals surface area contributed by atoms with Crippen molar-refractivity contribution in [2.45, 2.75) is 219 Å². The summed E-state index contributed by atoms with van der Waals surface area (Å²) >= 11 is 0. The average molecular weight is 1780 g/mol. The van der Waals surface area contributed by atoms with Crippen molar-refractivity contribution in [3.63, 3.8) is 0 Å². The number of fused-ring (bicyclic) bond motifs is 5. The molecule has 9 rings (SSSR count). The third-order valence-electron chi connectivity index (χ3n) is 23.7. The molecule has 2 bridgehead atoms. The Bertz CT molecular complexity index is 4320. The topological polar surface area (TPSA) is 449 Å². The Hall–Kier alpha value is -8.28. The number of nitrogen functional groups attached to an aromatic ring is 2. The summed E-state index contributed by atoms with van der Waals surface area (Å²) in [6.45, 7) is 21.6. The molecule has 1 saturated carbocycles. The first-order chi connectivity index (χ1) is 61.4. The van der Waals surface area contributed by atoms with E-state index in [1.807, 2.05) is 76.4 Å². The van der Waals surface area contributed by atoms with E-state index in [1.165, 1.54) is 18.3 Å². The van der Waals surface area contributed by atoms with Gasteiger partial charge in [0.1, 0.15) is 59.2 Å². The molecule has 0 radical (unpaired) electrons. The Balaban J connectivity index is 0.586. The number of carbonyl (C=O) groups excluding carboxylic acids is 6. The summed E-state index contributed by atoms with van der Waals surface area (Å²) in [7, 11) is 4.61. The number of ketones is 3. The standard InChI is InChI=1S/C91H138N12O24/c1-60-18-12-11-13-19-61(2)76(112-8)55-70-24-21-66(7)91(111,127-70)85(108)88(109)102-29-16-14-20-72(102)89(110)125-77(56-73(104)62(3)51-65(6)83(107)84(114-10)82(106)64(5)50-60)63(4)52-67-22-25-75(78(53-67)113-9)124-49-48-123-58-69-57-101(100-98-69)31-33-116-35-37-118-39-41-120-43-45-122-47-46-121-44-42-119-40-38-117-36-34-115-32-27-79(105)94-28-15-17-30-103-87-80(86(92)95-59-96-87)81(99-103)68-23-26-74-71(54-68)97-90(93)126-74/h11-13,18-19,23,26,51,54,57,59-60,62-64,66-67,70,72,75-78,83-84,107,111H,14-17,20-22,24-25,27-50,52-53,55-56,58H2,1-10H3,(H2,93,97)(H,94,105)(H2,92,95,96)/b13-11+,18-12+,61-19+,65-51+/t60-,62-,63-,64-,66-,67-,70+,72+,75+,76+,77+,78+,83-,84+,91-/m1/s1. The number of esters is 1. The fraction of sp³-hybridized carbons (Fsp3) is 0.692. The smallest absolute Gasteiger partial charge is 0.329 e. The van der Waals surface area contributed by atoms with Gasteiger partial charge in [0.05, 0.1) is 168 Å². The SMILES string of the molecule is CO[C@H]1C[C@@H]2CC[C@@H](C)[C@@](O)(O2)C(=O)C(=O)N2CCCC[C@H]2C(=O)O[C@H]([C@H](C)C[C@H]2CC[C@H](OCCOCc3cn(CCOCCOCCOCCOCCOCCOCCOCCOCCC(=O)NCCCCn4nc(-c5ccc6oc(N)nc6c5)c5c(N)ncnc54)nn3)[C@@H](OC)C2)CC(=O)[C@H](C)/C=C(\C)[C@@H](O)[C@@H](OC)C(=O)[C@H](C)C[C@H](C)/C=C/C=C/C=C/1C. The number of benzene rings is 1. The van der Waals surface area contributed by atoms with Crippen molar-refractivity contribution in [3.8, 4) is 11.3 Å². The molecule has 706 valence electrons. The zero-order chi connectivity index (χ0) is 91.0. The summed E-state index contributed by atoms with van der Waals surface area (Å²) in [5, 5.41) is 40.7. The van der Waals surface area contributed by atoms with Crippen LogP contribution in [0.2, 0.25) is 0 Å². The molecule has 5 aromatic rings. The molecule has 36 nitrogen and oxygen atoms in total. The van der Waals surface area contributed by atoms with Crippen LogP contribution in [0, 0.1) is 35.5 Å². The van der Waals surface area contributed by atoms with E-state index in [1.54, 1.807) is 56.5 Å². The Labute approximate surface area is 744 Å². The maximum absolute atomic E-state index is 14.8. The molecule has 127 heavy (non-hydrogen) atoms. The Morgan fingerprint density at radius 2 is 1.39 bits per heavy atom. The van der Waals surface area contributed by atoms with E-state index >= 15 is 0 Å². The highest BCUT2D eigenvalue weighted by molar-refractivity contribution is 6.39. The normalized spacial score (nSPS) is 26.5. The van der Waals surface area contributed by atoms with Gasteiger partial charge in [-0.15, -0.1) is 5.10 Å². The van der Waals surface area contributed by atoms with Crippen LogP contribution in [0.3, 0.4) is 0 Å². The van der Waals surface area contributed by atoms with Crippen LogP contribution in [0.25, 0.3) is 33.4 Å².